The molecule has 4 rings (SSSR count). The molecule has 0 saturated heterocycles. The lowest BCUT2D eigenvalue weighted by molar-refractivity contribution is 0.302. The summed E-state index contributed by atoms with van der Waals surface area (Å²) in [5.41, 5.74) is 0.820. The molecule has 0 bridgehead atoms. The minimum absolute atomic E-state index is 0.283. The molecule has 0 fully saturated rings. The van der Waals surface area contributed by atoms with Crippen molar-refractivity contribution in [3.63, 3.8) is 0 Å². The fraction of sp³-hybridized carbons (Fsp3) is 0.429. The molecule has 0 atom stereocenters. The molecule has 0 saturated carbocycles. The van der Waals surface area contributed by atoms with Crippen LogP contribution in [0.3, 0.4) is 0 Å². The predicted molar refractivity (Wildman–Crippen MR) is 202 cm³/mol. The van der Waals surface area contributed by atoms with Crippen molar-refractivity contribution < 1.29 is 0 Å². The maximum absolute atomic E-state index is 2.50. The van der Waals surface area contributed by atoms with Crippen molar-refractivity contribution in [2.45, 2.75) is 91.9 Å². The van der Waals surface area contributed by atoms with Crippen LogP contribution in [-0.2, 0) is 0 Å². The van der Waals surface area contributed by atoms with Crippen LogP contribution in [0, 0.1) is 10.8 Å². The van der Waals surface area contributed by atoms with E-state index >= 15 is 0 Å². The van der Waals surface area contributed by atoms with Gasteiger partial charge in [0, 0.05) is 0 Å². The molecule has 0 unspecified atom stereocenters. The minimum Gasteiger partial charge on any atom is -0.0622 e. The summed E-state index contributed by atoms with van der Waals surface area (Å²) in [5, 5.41) is 6.06. The maximum atomic E-state index is 2.50. The molecule has 2 heteroatoms. The van der Waals surface area contributed by atoms with Crippen LogP contribution >= 0.6 is 15.8 Å². The van der Waals surface area contributed by atoms with E-state index in [1.54, 1.807) is 0 Å². The minimum atomic E-state index is -0.283. The second kappa shape index (κ2) is 18.0. The number of unbranched alkanes of at least 4 members (excludes halogenated alkanes) is 5. The van der Waals surface area contributed by atoms with E-state index in [1.165, 1.54) is 97.8 Å². The van der Waals surface area contributed by atoms with Gasteiger partial charge in [-0.2, -0.15) is 0 Å². The molecule has 0 spiro atoms. The lowest BCUT2D eigenvalue weighted by atomic mass is 9.83. The first-order valence-corrected chi connectivity index (χ1v) is 20.1. The number of hydrogen-bond acceptors (Lipinski definition) is 0. The molecule has 0 aliphatic carbocycles. The van der Waals surface area contributed by atoms with Crippen molar-refractivity contribution in [2.75, 3.05) is 12.3 Å². The molecule has 0 radical (unpaired) electrons. The van der Waals surface area contributed by atoms with Crippen LogP contribution in [0.5, 0.6) is 0 Å². The van der Waals surface area contributed by atoms with Crippen LogP contribution < -0.4 is 21.2 Å². The van der Waals surface area contributed by atoms with Crippen LogP contribution in [0.15, 0.2) is 121 Å². The first-order chi connectivity index (χ1) is 21.3. The monoisotopic (exact) mass is 622 g/mol. The van der Waals surface area contributed by atoms with E-state index in [1.807, 2.05) is 0 Å². The van der Waals surface area contributed by atoms with Crippen molar-refractivity contribution in [2.24, 2.45) is 10.8 Å². The molecule has 0 heterocycles. The van der Waals surface area contributed by atoms with Gasteiger partial charge in [0.1, 0.15) is 0 Å². The Labute approximate surface area is 272 Å². The van der Waals surface area contributed by atoms with Gasteiger partial charge >= 0.3 is 0 Å². The molecule has 234 valence electrons. The summed E-state index contributed by atoms with van der Waals surface area (Å²) in [5.74, 6) is 0. The zero-order chi connectivity index (χ0) is 31.1. The van der Waals surface area contributed by atoms with Crippen LogP contribution in [0.2, 0.25) is 0 Å². The molecule has 0 aliphatic rings. The molecule has 4 aromatic rings. The highest BCUT2D eigenvalue weighted by molar-refractivity contribution is 7.73. The van der Waals surface area contributed by atoms with Crippen molar-refractivity contribution in [3.8, 4) is 0 Å². The first kappa shape index (κ1) is 34.6. The van der Waals surface area contributed by atoms with Crippen LogP contribution in [-0.4, -0.2) is 12.3 Å². The maximum Gasteiger partial charge on any atom is -0.0195 e. The van der Waals surface area contributed by atoms with Gasteiger partial charge in [0.2, 0.25) is 0 Å². The Bertz CT molecular complexity index is 1120. The molecule has 0 amide bonds. The second-order valence-corrected chi connectivity index (χ2v) is 18.8. The molecular weight excluding hydrogens is 566 g/mol. The third-order valence-electron chi connectivity index (χ3n) is 9.25. The van der Waals surface area contributed by atoms with E-state index in [0.717, 1.165) is 0 Å². The summed E-state index contributed by atoms with van der Waals surface area (Å²) in [6, 6.07) is 44.8. The highest BCUT2D eigenvalue weighted by atomic mass is 31.1. The molecule has 0 aromatic heterocycles. The zero-order valence-electron chi connectivity index (χ0n) is 27.9. The summed E-state index contributed by atoms with van der Waals surface area (Å²) in [6.07, 6.45) is 16.2. The molecule has 0 N–H and O–H groups in total. The second-order valence-electron chi connectivity index (χ2n) is 14.1. The smallest absolute Gasteiger partial charge is 0.0195 e. The summed E-state index contributed by atoms with van der Waals surface area (Å²) in [6.45, 7) is 10.0. The zero-order valence-corrected chi connectivity index (χ0v) is 29.7. The molecule has 0 nitrogen and oxygen atoms in total. The third kappa shape index (κ3) is 11.9. The van der Waals surface area contributed by atoms with Gasteiger partial charge in [0.05, 0.1) is 0 Å². The normalized spacial score (nSPS) is 12.2. The third-order valence-corrected chi connectivity index (χ3v) is 14.3. The first-order valence-electron chi connectivity index (χ1n) is 17.1. The van der Waals surface area contributed by atoms with E-state index in [0.29, 0.717) is 10.8 Å². The lowest BCUT2D eigenvalue weighted by Gasteiger charge is -2.28. The molecule has 4 aromatic carbocycles. The fourth-order valence-electron chi connectivity index (χ4n) is 6.24. The van der Waals surface area contributed by atoms with E-state index in [2.05, 4.69) is 149 Å². The number of hydrogen-bond donors (Lipinski definition) is 0. The van der Waals surface area contributed by atoms with E-state index < -0.39 is 0 Å². The van der Waals surface area contributed by atoms with Crippen molar-refractivity contribution in [3.05, 3.63) is 121 Å². The van der Waals surface area contributed by atoms with Crippen molar-refractivity contribution in [1.82, 2.24) is 0 Å². The van der Waals surface area contributed by atoms with Gasteiger partial charge < -0.3 is 0 Å². The molecular formula is C42H56P2. The average molecular weight is 623 g/mol. The quantitative estimate of drug-likeness (QED) is 0.0721. The Morgan fingerprint density at radius 1 is 0.341 bits per heavy atom. The number of benzene rings is 4. The number of rotatable bonds is 19. The van der Waals surface area contributed by atoms with Gasteiger partial charge in [0.15, 0.2) is 0 Å². The molecule has 44 heavy (non-hydrogen) atoms. The van der Waals surface area contributed by atoms with Gasteiger partial charge in [-0.1, -0.05) is 188 Å². The largest absolute Gasteiger partial charge is 0.0622 e. The Hall–Kier alpha value is -2.26. The summed E-state index contributed by atoms with van der Waals surface area (Å²) in [4.78, 5) is 0. The van der Waals surface area contributed by atoms with Gasteiger partial charge in [0.25, 0.3) is 0 Å². The Morgan fingerprint density at radius 2 is 0.591 bits per heavy atom. The van der Waals surface area contributed by atoms with Gasteiger partial charge in [-0.25, -0.2) is 0 Å². The van der Waals surface area contributed by atoms with E-state index in [-0.39, 0.29) is 15.8 Å². The van der Waals surface area contributed by atoms with Crippen LogP contribution in [0.25, 0.3) is 0 Å². The highest BCUT2D eigenvalue weighted by Gasteiger charge is 2.23. The van der Waals surface area contributed by atoms with Crippen molar-refractivity contribution >= 4 is 37.1 Å². The van der Waals surface area contributed by atoms with Crippen LogP contribution in [0.1, 0.15) is 91.9 Å². The lowest BCUT2D eigenvalue weighted by Crippen LogP contribution is -2.19. The van der Waals surface area contributed by atoms with Gasteiger partial charge in [-0.05, 0) is 85.9 Å². The van der Waals surface area contributed by atoms with E-state index in [9.17, 15) is 0 Å². The standard InChI is InChI=1S/C42H56P2/c1-41(2,33-35-43(37-23-13-9-14-24-37)38-25-15-10-16-26-38)31-21-7-5-6-8-22-32-42(3,4)34-36-44(39-27-17-11-18-28-39)40-29-19-12-20-30-40/h9-20,23-30H,5-8,21-22,31-36H2,1-4H3. The Kier molecular flexibility index (Phi) is 14.2. The topological polar surface area (TPSA) is 0 Å². The Morgan fingerprint density at radius 3 is 0.864 bits per heavy atom. The van der Waals surface area contributed by atoms with Gasteiger partial charge in [-0.3, -0.25) is 0 Å². The SMILES string of the molecule is CC(C)(CCCCCCCCC(C)(C)CCP(c1ccccc1)c1ccccc1)CCP(c1ccccc1)c1ccccc1. The van der Waals surface area contributed by atoms with Crippen LogP contribution in [0.4, 0.5) is 0 Å². The van der Waals surface area contributed by atoms with E-state index in [4.69, 9.17) is 0 Å². The summed E-state index contributed by atoms with van der Waals surface area (Å²) >= 11 is 0. The summed E-state index contributed by atoms with van der Waals surface area (Å²) < 4.78 is 0. The predicted octanol–water partition coefficient (Wildman–Crippen LogP) is 11.2. The highest BCUT2D eigenvalue weighted by Crippen LogP contribution is 2.41. The average Bonchev–Trinajstić information content (AvgIpc) is 3.04. The molecule has 0 aliphatic heterocycles. The fourth-order valence-corrected chi connectivity index (χ4v) is 11.7. The summed E-state index contributed by atoms with van der Waals surface area (Å²) in [7, 11) is -0.567. The Balaban J connectivity index is 1.12. The van der Waals surface area contributed by atoms with Gasteiger partial charge in [-0.15, -0.1) is 0 Å². The van der Waals surface area contributed by atoms with Crippen molar-refractivity contribution in [1.29, 1.82) is 0 Å².